The Morgan fingerprint density at radius 2 is 1.78 bits per heavy atom. The highest BCUT2D eigenvalue weighted by molar-refractivity contribution is 7.90. The molecule has 0 amide bonds. The van der Waals surface area contributed by atoms with Crippen molar-refractivity contribution >= 4 is 10.0 Å². The van der Waals surface area contributed by atoms with E-state index in [1.54, 1.807) is 0 Å². The van der Waals surface area contributed by atoms with E-state index in [-0.39, 0.29) is 10.8 Å². The van der Waals surface area contributed by atoms with Gasteiger partial charge >= 0.3 is 0 Å². The van der Waals surface area contributed by atoms with Crippen LogP contribution in [0.25, 0.3) is 0 Å². The average Bonchev–Trinajstić information content (AvgIpc) is 2.86. The molecule has 0 spiro atoms. The van der Waals surface area contributed by atoms with Crippen molar-refractivity contribution in [3.63, 3.8) is 0 Å². The fraction of sp³-hybridized carbons (Fsp3) is 1.00. The lowest BCUT2D eigenvalue weighted by atomic mass is 9.74. The molecule has 0 saturated heterocycles. The summed E-state index contributed by atoms with van der Waals surface area (Å²) in [7, 11) is -3.19. The van der Waals surface area contributed by atoms with Gasteiger partial charge in [-0.15, -0.1) is 0 Å². The standard InChI is InChI=1S/C13H26N2O2S/c1-11-6-4-5-9-13(11,10-14)15-18(16,17)12-7-2-3-8-12/h11-12,15H,2-10,14H2,1H3. The Morgan fingerprint density at radius 3 is 2.33 bits per heavy atom. The molecule has 3 N–H and O–H groups in total. The van der Waals surface area contributed by atoms with E-state index in [4.69, 9.17) is 5.73 Å². The molecular formula is C13H26N2O2S. The molecule has 2 fully saturated rings. The fourth-order valence-corrected chi connectivity index (χ4v) is 5.55. The van der Waals surface area contributed by atoms with Crippen LogP contribution in [0.4, 0.5) is 0 Å². The van der Waals surface area contributed by atoms with Crippen LogP contribution in [0.2, 0.25) is 0 Å². The van der Waals surface area contributed by atoms with Gasteiger partial charge in [0.2, 0.25) is 10.0 Å². The number of nitrogens with one attached hydrogen (secondary N) is 1. The van der Waals surface area contributed by atoms with Gasteiger partial charge in [-0.1, -0.05) is 32.6 Å². The lowest BCUT2D eigenvalue weighted by Gasteiger charge is -2.42. The molecule has 0 radical (unpaired) electrons. The van der Waals surface area contributed by atoms with Gasteiger partial charge in [-0.3, -0.25) is 0 Å². The minimum Gasteiger partial charge on any atom is -0.329 e. The number of nitrogens with two attached hydrogens (primary N) is 1. The monoisotopic (exact) mass is 274 g/mol. The van der Waals surface area contributed by atoms with Gasteiger partial charge < -0.3 is 5.73 Å². The van der Waals surface area contributed by atoms with Gasteiger partial charge in [0, 0.05) is 12.1 Å². The Labute approximate surface area is 111 Å². The normalized spacial score (nSPS) is 34.9. The second kappa shape index (κ2) is 5.47. The number of sulfonamides is 1. The third-order valence-electron chi connectivity index (χ3n) is 4.90. The van der Waals surface area contributed by atoms with Crippen molar-refractivity contribution in [2.45, 2.75) is 69.1 Å². The van der Waals surface area contributed by atoms with E-state index in [9.17, 15) is 8.42 Å². The molecule has 18 heavy (non-hydrogen) atoms. The molecule has 0 aromatic rings. The Morgan fingerprint density at radius 1 is 1.17 bits per heavy atom. The topological polar surface area (TPSA) is 72.2 Å². The van der Waals surface area contributed by atoms with Crippen molar-refractivity contribution in [2.24, 2.45) is 11.7 Å². The first-order valence-electron chi connectivity index (χ1n) is 7.23. The number of hydrogen-bond acceptors (Lipinski definition) is 3. The molecule has 106 valence electrons. The minimum absolute atomic E-state index is 0.185. The van der Waals surface area contributed by atoms with Crippen LogP contribution in [0, 0.1) is 5.92 Å². The zero-order chi connectivity index (χ0) is 13.2. The maximum Gasteiger partial charge on any atom is 0.215 e. The predicted molar refractivity (Wildman–Crippen MR) is 73.7 cm³/mol. The maximum absolute atomic E-state index is 12.4. The Kier molecular flexibility index (Phi) is 4.34. The molecule has 2 rings (SSSR count). The SMILES string of the molecule is CC1CCCCC1(CN)NS(=O)(=O)C1CCCC1. The van der Waals surface area contributed by atoms with Gasteiger partial charge in [0.15, 0.2) is 0 Å². The molecule has 4 nitrogen and oxygen atoms in total. The summed E-state index contributed by atoms with van der Waals surface area (Å²) < 4.78 is 27.9. The maximum atomic E-state index is 12.4. The summed E-state index contributed by atoms with van der Waals surface area (Å²) in [5.41, 5.74) is 5.52. The quantitative estimate of drug-likeness (QED) is 0.820. The van der Waals surface area contributed by atoms with E-state index in [1.807, 2.05) is 0 Å². The van der Waals surface area contributed by atoms with Crippen molar-refractivity contribution in [3.05, 3.63) is 0 Å². The summed E-state index contributed by atoms with van der Waals surface area (Å²) in [5, 5.41) is -0.185. The highest BCUT2D eigenvalue weighted by atomic mass is 32.2. The van der Waals surface area contributed by atoms with Crippen LogP contribution in [-0.2, 0) is 10.0 Å². The van der Waals surface area contributed by atoms with E-state index in [1.165, 1.54) is 6.42 Å². The summed E-state index contributed by atoms with van der Waals surface area (Å²) in [5.74, 6) is 0.340. The van der Waals surface area contributed by atoms with E-state index >= 15 is 0 Å². The van der Waals surface area contributed by atoms with E-state index in [0.717, 1.165) is 44.9 Å². The summed E-state index contributed by atoms with van der Waals surface area (Å²) in [6, 6.07) is 0. The first kappa shape index (κ1) is 14.3. The van der Waals surface area contributed by atoms with Gasteiger partial charge in [-0.25, -0.2) is 13.1 Å². The molecule has 0 bridgehead atoms. The van der Waals surface area contributed by atoms with Crippen molar-refractivity contribution in [2.75, 3.05) is 6.54 Å². The molecular weight excluding hydrogens is 248 g/mol. The predicted octanol–water partition coefficient (Wildman–Crippen LogP) is 1.76. The van der Waals surface area contributed by atoms with Gasteiger partial charge in [-0.2, -0.15) is 0 Å². The first-order chi connectivity index (χ1) is 8.50. The first-order valence-corrected chi connectivity index (χ1v) is 8.78. The van der Waals surface area contributed by atoms with Gasteiger partial charge in [0.25, 0.3) is 0 Å². The molecule has 0 heterocycles. The van der Waals surface area contributed by atoms with E-state index in [0.29, 0.717) is 12.5 Å². The van der Waals surface area contributed by atoms with Gasteiger partial charge in [0.05, 0.1) is 5.25 Å². The van der Waals surface area contributed by atoms with Crippen LogP contribution in [0.1, 0.15) is 58.3 Å². The Balaban J connectivity index is 2.13. The molecule has 5 heteroatoms. The van der Waals surface area contributed by atoms with Crippen LogP contribution < -0.4 is 10.5 Å². The summed E-state index contributed by atoms with van der Waals surface area (Å²) in [6.45, 7) is 2.54. The van der Waals surface area contributed by atoms with Gasteiger partial charge in [-0.05, 0) is 31.6 Å². The van der Waals surface area contributed by atoms with E-state index in [2.05, 4.69) is 11.6 Å². The third kappa shape index (κ3) is 2.73. The summed E-state index contributed by atoms with van der Waals surface area (Å²) in [4.78, 5) is 0. The molecule has 2 aliphatic rings. The van der Waals surface area contributed by atoms with Crippen LogP contribution in [0.3, 0.4) is 0 Å². The lowest BCUT2D eigenvalue weighted by molar-refractivity contribution is 0.190. The molecule has 2 unspecified atom stereocenters. The van der Waals surface area contributed by atoms with Crippen LogP contribution >= 0.6 is 0 Å². The van der Waals surface area contributed by atoms with Gasteiger partial charge in [0.1, 0.15) is 0 Å². The van der Waals surface area contributed by atoms with E-state index < -0.39 is 10.0 Å². The number of rotatable bonds is 4. The minimum atomic E-state index is -3.19. The molecule has 0 aromatic carbocycles. The molecule has 2 atom stereocenters. The van der Waals surface area contributed by atoms with Crippen molar-refractivity contribution in [3.8, 4) is 0 Å². The summed E-state index contributed by atoms with van der Waals surface area (Å²) in [6.07, 6.45) is 7.92. The highest BCUT2D eigenvalue weighted by Gasteiger charge is 2.42. The molecule has 2 aliphatic carbocycles. The van der Waals surface area contributed by atoms with Crippen molar-refractivity contribution in [1.82, 2.24) is 4.72 Å². The second-order valence-corrected chi connectivity index (χ2v) is 8.02. The number of hydrogen-bond donors (Lipinski definition) is 2. The molecule has 0 aliphatic heterocycles. The smallest absolute Gasteiger partial charge is 0.215 e. The van der Waals surface area contributed by atoms with Crippen molar-refractivity contribution in [1.29, 1.82) is 0 Å². The summed E-state index contributed by atoms with van der Waals surface area (Å²) >= 11 is 0. The highest BCUT2D eigenvalue weighted by Crippen LogP contribution is 2.35. The molecule has 2 saturated carbocycles. The Bertz CT molecular complexity index is 376. The van der Waals surface area contributed by atoms with Crippen LogP contribution in [-0.4, -0.2) is 25.8 Å². The third-order valence-corrected chi connectivity index (χ3v) is 6.94. The second-order valence-electron chi connectivity index (χ2n) is 6.06. The van der Waals surface area contributed by atoms with Crippen LogP contribution in [0.5, 0.6) is 0 Å². The average molecular weight is 274 g/mol. The zero-order valence-electron chi connectivity index (χ0n) is 11.3. The largest absolute Gasteiger partial charge is 0.329 e. The Hall–Kier alpha value is -0.130. The zero-order valence-corrected chi connectivity index (χ0v) is 12.1. The molecule has 0 aromatic heterocycles. The fourth-order valence-electron chi connectivity index (χ4n) is 3.48. The van der Waals surface area contributed by atoms with Crippen LogP contribution in [0.15, 0.2) is 0 Å². The van der Waals surface area contributed by atoms with Crippen molar-refractivity contribution < 1.29 is 8.42 Å². The lowest BCUT2D eigenvalue weighted by Crippen LogP contribution is -2.60.